The van der Waals surface area contributed by atoms with Gasteiger partial charge in [0.05, 0.1) is 13.2 Å². The smallest absolute Gasteiger partial charge is 0.245 e. The molecule has 130 valence electrons. The Morgan fingerprint density at radius 3 is 2.62 bits per heavy atom. The third-order valence-electron chi connectivity index (χ3n) is 4.83. The summed E-state index contributed by atoms with van der Waals surface area (Å²) >= 11 is 0. The van der Waals surface area contributed by atoms with E-state index in [0.29, 0.717) is 19.7 Å². The van der Waals surface area contributed by atoms with Crippen LogP contribution < -0.4 is 5.32 Å². The highest BCUT2D eigenvalue weighted by Gasteiger charge is 2.31. The van der Waals surface area contributed by atoms with E-state index in [0.717, 1.165) is 24.8 Å². The molecule has 5 nitrogen and oxygen atoms in total. The molecule has 1 aliphatic heterocycles. The van der Waals surface area contributed by atoms with E-state index in [1.54, 1.807) is 24.0 Å². The van der Waals surface area contributed by atoms with E-state index in [4.69, 9.17) is 4.74 Å². The molecule has 2 amide bonds. The summed E-state index contributed by atoms with van der Waals surface area (Å²) < 4.78 is 18.7. The van der Waals surface area contributed by atoms with Gasteiger partial charge in [0.25, 0.3) is 0 Å². The van der Waals surface area contributed by atoms with Gasteiger partial charge < -0.3 is 15.0 Å². The number of nitrogens with zero attached hydrogens (tertiary/aromatic N) is 1. The molecule has 1 aromatic rings. The summed E-state index contributed by atoms with van der Waals surface area (Å²) in [5.41, 5.74) is 0.847. The topological polar surface area (TPSA) is 58.6 Å². The maximum absolute atomic E-state index is 13.0. The van der Waals surface area contributed by atoms with E-state index in [2.05, 4.69) is 5.32 Å². The first kappa shape index (κ1) is 16.9. The van der Waals surface area contributed by atoms with Crippen molar-refractivity contribution in [1.82, 2.24) is 10.2 Å². The first-order valence-electron chi connectivity index (χ1n) is 8.51. The normalized spacial score (nSPS) is 22.6. The summed E-state index contributed by atoms with van der Waals surface area (Å²) in [5, 5.41) is 2.82. The van der Waals surface area contributed by atoms with Crippen LogP contribution in [0.4, 0.5) is 4.39 Å². The fourth-order valence-electron chi connectivity index (χ4n) is 3.07. The summed E-state index contributed by atoms with van der Waals surface area (Å²) in [5.74, 6) is -0.352. The number of benzene rings is 1. The lowest BCUT2D eigenvalue weighted by Crippen LogP contribution is -2.52. The van der Waals surface area contributed by atoms with Gasteiger partial charge in [-0.05, 0) is 37.5 Å². The molecule has 0 spiro atoms. The molecule has 0 radical (unpaired) electrons. The molecule has 3 rings (SSSR count). The van der Waals surface area contributed by atoms with Gasteiger partial charge >= 0.3 is 0 Å². The summed E-state index contributed by atoms with van der Waals surface area (Å²) in [4.78, 5) is 26.3. The lowest BCUT2D eigenvalue weighted by atomic mass is 9.84. The number of hydrogen-bond donors (Lipinski definition) is 1. The molecule has 1 aromatic carbocycles. The highest BCUT2D eigenvalue weighted by Crippen LogP contribution is 2.26. The van der Waals surface area contributed by atoms with Crippen LogP contribution in [0.2, 0.25) is 0 Å². The second-order valence-corrected chi connectivity index (χ2v) is 6.55. The first-order valence-corrected chi connectivity index (χ1v) is 8.51. The molecule has 2 aliphatic rings. The minimum Gasteiger partial charge on any atom is -0.370 e. The van der Waals surface area contributed by atoms with Crippen molar-refractivity contribution in [3.05, 3.63) is 35.6 Å². The van der Waals surface area contributed by atoms with Crippen LogP contribution in [-0.2, 0) is 14.3 Å². The number of carbonyl (C=O) groups excluding carboxylic acids is 2. The van der Waals surface area contributed by atoms with Gasteiger partial charge in [0.15, 0.2) is 0 Å². The Morgan fingerprint density at radius 1 is 1.29 bits per heavy atom. The number of carbonyl (C=O) groups is 2. The van der Waals surface area contributed by atoms with E-state index in [1.807, 2.05) is 0 Å². The summed E-state index contributed by atoms with van der Waals surface area (Å²) in [6.45, 7) is 3.06. The van der Waals surface area contributed by atoms with Crippen molar-refractivity contribution in [3.63, 3.8) is 0 Å². The van der Waals surface area contributed by atoms with Crippen LogP contribution in [-0.4, -0.2) is 42.5 Å². The molecule has 1 N–H and O–H groups in total. The first-order chi connectivity index (χ1) is 11.5. The minimum absolute atomic E-state index is 0.0227. The molecular formula is C18H23FN2O3. The van der Waals surface area contributed by atoms with Gasteiger partial charge in [-0.25, -0.2) is 4.39 Å². The highest BCUT2D eigenvalue weighted by atomic mass is 19.1. The zero-order valence-electron chi connectivity index (χ0n) is 13.8. The highest BCUT2D eigenvalue weighted by molar-refractivity contribution is 5.88. The molecule has 1 heterocycles. The predicted molar refractivity (Wildman–Crippen MR) is 86.6 cm³/mol. The van der Waals surface area contributed by atoms with Gasteiger partial charge in [-0.15, -0.1) is 0 Å². The van der Waals surface area contributed by atoms with Crippen molar-refractivity contribution in [3.8, 4) is 0 Å². The average molecular weight is 334 g/mol. The fourth-order valence-corrected chi connectivity index (χ4v) is 3.07. The summed E-state index contributed by atoms with van der Waals surface area (Å²) in [6.07, 6.45) is 2.65. The van der Waals surface area contributed by atoms with Crippen molar-refractivity contribution in [1.29, 1.82) is 0 Å². The van der Waals surface area contributed by atoms with Crippen molar-refractivity contribution in [2.45, 2.75) is 38.3 Å². The summed E-state index contributed by atoms with van der Waals surface area (Å²) in [7, 11) is 0. The Kier molecular flexibility index (Phi) is 5.14. The van der Waals surface area contributed by atoms with Crippen LogP contribution in [0.5, 0.6) is 0 Å². The van der Waals surface area contributed by atoms with E-state index in [9.17, 15) is 14.0 Å². The molecule has 2 atom stereocenters. The minimum atomic E-state index is -0.537. The number of halogens is 1. The maximum atomic E-state index is 13.0. The Morgan fingerprint density at radius 2 is 2.00 bits per heavy atom. The SMILES string of the molecule is C[C@@H](NC(=O)C1CCC1)C(=O)N1CCO[C@@H](c2ccc(F)cc2)C1. The van der Waals surface area contributed by atoms with Gasteiger partial charge in [-0.3, -0.25) is 9.59 Å². The largest absolute Gasteiger partial charge is 0.370 e. The Bertz CT molecular complexity index is 601. The zero-order chi connectivity index (χ0) is 17.1. The molecular weight excluding hydrogens is 311 g/mol. The van der Waals surface area contributed by atoms with Gasteiger partial charge in [0, 0.05) is 12.5 Å². The van der Waals surface area contributed by atoms with Gasteiger partial charge in [0.1, 0.15) is 18.0 Å². The Labute approximate surface area is 141 Å². The Balaban J connectivity index is 1.57. The maximum Gasteiger partial charge on any atom is 0.245 e. The number of hydrogen-bond acceptors (Lipinski definition) is 3. The summed E-state index contributed by atoms with van der Waals surface area (Å²) in [6, 6.07) is 5.60. The van der Waals surface area contributed by atoms with Crippen LogP contribution in [0, 0.1) is 11.7 Å². The molecule has 0 unspecified atom stereocenters. The van der Waals surface area contributed by atoms with Crippen LogP contribution in [0.15, 0.2) is 24.3 Å². The van der Waals surface area contributed by atoms with Crippen LogP contribution >= 0.6 is 0 Å². The van der Waals surface area contributed by atoms with E-state index < -0.39 is 6.04 Å². The lowest BCUT2D eigenvalue weighted by molar-refractivity contribution is -0.143. The Hall–Kier alpha value is -1.95. The van der Waals surface area contributed by atoms with Crippen molar-refractivity contribution in [2.75, 3.05) is 19.7 Å². The second-order valence-electron chi connectivity index (χ2n) is 6.55. The van der Waals surface area contributed by atoms with Crippen molar-refractivity contribution >= 4 is 11.8 Å². The molecule has 24 heavy (non-hydrogen) atoms. The van der Waals surface area contributed by atoms with Crippen molar-refractivity contribution in [2.24, 2.45) is 5.92 Å². The number of ether oxygens (including phenoxy) is 1. The standard InChI is InChI=1S/C18H23FN2O3/c1-12(20-17(22)14-3-2-4-14)18(23)21-9-10-24-16(11-21)13-5-7-15(19)8-6-13/h5-8,12,14,16H,2-4,9-11H2,1H3,(H,20,22)/t12-,16-/m1/s1. The fraction of sp³-hybridized carbons (Fsp3) is 0.556. The molecule has 1 saturated heterocycles. The molecule has 6 heteroatoms. The average Bonchev–Trinajstić information content (AvgIpc) is 2.53. The van der Waals surface area contributed by atoms with Gasteiger partial charge in [-0.2, -0.15) is 0 Å². The number of amides is 2. The predicted octanol–water partition coefficient (Wildman–Crippen LogP) is 2.03. The number of rotatable bonds is 4. The van der Waals surface area contributed by atoms with Crippen LogP contribution in [0.3, 0.4) is 0 Å². The lowest BCUT2D eigenvalue weighted by Gasteiger charge is -2.35. The van der Waals surface area contributed by atoms with E-state index in [1.165, 1.54) is 12.1 Å². The van der Waals surface area contributed by atoms with Crippen molar-refractivity contribution < 1.29 is 18.7 Å². The quantitative estimate of drug-likeness (QED) is 0.917. The van der Waals surface area contributed by atoms with Gasteiger partial charge in [0.2, 0.25) is 11.8 Å². The number of nitrogens with one attached hydrogen (secondary N) is 1. The molecule has 0 bridgehead atoms. The zero-order valence-corrected chi connectivity index (χ0v) is 13.8. The molecule has 1 saturated carbocycles. The monoisotopic (exact) mass is 334 g/mol. The molecule has 1 aliphatic carbocycles. The second kappa shape index (κ2) is 7.30. The number of morpholine rings is 1. The van der Waals surface area contributed by atoms with Crippen LogP contribution in [0.25, 0.3) is 0 Å². The molecule has 0 aromatic heterocycles. The molecule has 2 fully saturated rings. The van der Waals surface area contributed by atoms with E-state index >= 15 is 0 Å². The third-order valence-corrected chi connectivity index (χ3v) is 4.83. The third kappa shape index (κ3) is 3.75. The van der Waals surface area contributed by atoms with Crippen LogP contribution in [0.1, 0.15) is 37.9 Å². The van der Waals surface area contributed by atoms with Gasteiger partial charge in [-0.1, -0.05) is 18.6 Å². The van der Waals surface area contributed by atoms with E-state index in [-0.39, 0.29) is 29.7 Å².